The fraction of sp³-hybridized carbons (Fsp3) is 1.00. The second-order valence-corrected chi connectivity index (χ2v) is 6.96. The minimum absolute atomic E-state index is 0.0582. The monoisotopic (exact) mass is 261 g/mol. The second kappa shape index (κ2) is 5.22. The summed E-state index contributed by atoms with van der Waals surface area (Å²) in [4.78, 5) is 0. The van der Waals surface area contributed by atoms with Crippen molar-refractivity contribution >= 4 is 10.2 Å². The standard InChI is InChI=1S/C11H23N3O2S/c1-10-5-3-4-7-13(10)17(15,16)14-8-6-12-9-11(14)2/h10-12H,3-9H2,1-2H3/t10?,11-/m0/s1. The van der Waals surface area contributed by atoms with Crippen LogP contribution in [0, 0.1) is 0 Å². The molecule has 0 aliphatic carbocycles. The number of rotatable bonds is 2. The van der Waals surface area contributed by atoms with Crippen molar-refractivity contribution in [3.05, 3.63) is 0 Å². The summed E-state index contributed by atoms with van der Waals surface area (Å²) in [6, 6.07) is 0.207. The molecular weight excluding hydrogens is 238 g/mol. The molecule has 0 saturated carbocycles. The summed E-state index contributed by atoms with van der Waals surface area (Å²) in [6.07, 6.45) is 3.12. The zero-order valence-electron chi connectivity index (χ0n) is 10.7. The van der Waals surface area contributed by atoms with Crippen LogP contribution in [0.3, 0.4) is 0 Å². The molecule has 6 heteroatoms. The molecule has 1 unspecified atom stereocenters. The van der Waals surface area contributed by atoms with Crippen LogP contribution in [-0.2, 0) is 10.2 Å². The van der Waals surface area contributed by atoms with Crippen molar-refractivity contribution in [1.29, 1.82) is 0 Å². The Labute approximate surface area is 104 Å². The van der Waals surface area contributed by atoms with Crippen molar-refractivity contribution in [2.75, 3.05) is 26.2 Å². The van der Waals surface area contributed by atoms with Gasteiger partial charge < -0.3 is 5.32 Å². The maximum absolute atomic E-state index is 12.6. The molecule has 2 rings (SSSR count). The van der Waals surface area contributed by atoms with E-state index >= 15 is 0 Å². The van der Waals surface area contributed by atoms with Crippen molar-refractivity contribution in [3.8, 4) is 0 Å². The van der Waals surface area contributed by atoms with Crippen LogP contribution in [0.2, 0.25) is 0 Å². The van der Waals surface area contributed by atoms with Gasteiger partial charge in [0.25, 0.3) is 10.2 Å². The van der Waals surface area contributed by atoms with Gasteiger partial charge in [-0.3, -0.25) is 0 Å². The summed E-state index contributed by atoms with van der Waals surface area (Å²) in [5, 5.41) is 3.23. The minimum atomic E-state index is -3.26. The van der Waals surface area contributed by atoms with E-state index in [9.17, 15) is 8.42 Å². The highest BCUT2D eigenvalue weighted by molar-refractivity contribution is 7.86. The van der Waals surface area contributed by atoms with E-state index in [-0.39, 0.29) is 12.1 Å². The Morgan fingerprint density at radius 1 is 1.06 bits per heavy atom. The van der Waals surface area contributed by atoms with Gasteiger partial charge in [-0.1, -0.05) is 6.42 Å². The third-order valence-electron chi connectivity index (χ3n) is 3.78. The first-order chi connectivity index (χ1) is 8.03. The molecule has 1 N–H and O–H groups in total. The molecule has 2 fully saturated rings. The zero-order valence-corrected chi connectivity index (χ0v) is 11.5. The SMILES string of the molecule is CC1CCCCN1S(=O)(=O)N1CCNC[C@@H]1C. The Hall–Kier alpha value is -0.170. The number of nitrogens with one attached hydrogen (secondary N) is 1. The third-order valence-corrected chi connectivity index (χ3v) is 6.05. The van der Waals surface area contributed by atoms with Gasteiger partial charge in [0.2, 0.25) is 0 Å². The van der Waals surface area contributed by atoms with Gasteiger partial charge in [-0.15, -0.1) is 0 Å². The van der Waals surface area contributed by atoms with Crippen LogP contribution < -0.4 is 5.32 Å². The molecule has 17 heavy (non-hydrogen) atoms. The first-order valence-electron chi connectivity index (χ1n) is 6.53. The van der Waals surface area contributed by atoms with Gasteiger partial charge in [0.15, 0.2) is 0 Å². The normalized spacial score (nSPS) is 33.8. The molecule has 2 heterocycles. The molecule has 0 radical (unpaired) electrons. The molecular formula is C11H23N3O2S. The van der Waals surface area contributed by atoms with Crippen molar-refractivity contribution in [2.45, 2.75) is 45.2 Å². The van der Waals surface area contributed by atoms with Crippen LogP contribution in [0.15, 0.2) is 0 Å². The molecule has 2 aliphatic rings. The van der Waals surface area contributed by atoms with Crippen LogP contribution in [-0.4, -0.2) is 55.3 Å². The van der Waals surface area contributed by atoms with E-state index in [1.165, 1.54) is 0 Å². The third kappa shape index (κ3) is 2.65. The molecule has 0 aromatic carbocycles. The Kier molecular flexibility index (Phi) is 4.07. The maximum Gasteiger partial charge on any atom is 0.282 e. The predicted molar refractivity (Wildman–Crippen MR) is 68.0 cm³/mol. The molecule has 0 aromatic heterocycles. The van der Waals surface area contributed by atoms with E-state index in [1.807, 2.05) is 13.8 Å². The number of piperidine rings is 1. The fourth-order valence-corrected chi connectivity index (χ4v) is 4.76. The van der Waals surface area contributed by atoms with E-state index in [0.717, 1.165) is 32.4 Å². The number of nitrogens with zero attached hydrogens (tertiary/aromatic N) is 2. The van der Waals surface area contributed by atoms with Crippen molar-refractivity contribution in [1.82, 2.24) is 13.9 Å². The van der Waals surface area contributed by atoms with Crippen LogP contribution in [0.5, 0.6) is 0 Å². The lowest BCUT2D eigenvalue weighted by Gasteiger charge is -2.40. The Bertz CT molecular complexity index is 330. The zero-order chi connectivity index (χ0) is 12.5. The lowest BCUT2D eigenvalue weighted by atomic mass is 10.1. The first-order valence-corrected chi connectivity index (χ1v) is 7.92. The molecule has 0 spiro atoms. The number of hydrogen-bond donors (Lipinski definition) is 1. The van der Waals surface area contributed by atoms with Crippen LogP contribution in [0.25, 0.3) is 0 Å². The van der Waals surface area contributed by atoms with Crippen LogP contribution in [0.4, 0.5) is 0 Å². The summed E-state index contributed by atoms with van der Waals surface area (Å²) in [5.74, 6) is 0. The summed E-state index contributed by atoms with van der Waals surface area (Å²) >= 11 is 0. The van der Waals surface area contributed by atoms with Crippen LogP contribution in [0.1, 0.15) is 33.1 Å². The van der Waals surface area contributed by atoms with Gasteiger partial charge in [-0.05, 0) is 26.7 Å². The Balaban J connectivity index is 2.16. The predicted octanol–water partition coefficient (Wildman–Crippen LogP) is 0.399. The highest BCUT2D eigenvalue weighted by Crippen LogP contribution is 2.23. The average molecular weight is 261 g/mol. The van der Waals surface area contributed by atoms with E-state index in [1.54, 1.807) is 8.61 Å². The molecule has 5 nitrogen and oxygen atoms in total. The summed E-state index contributed by atoms with van der Waals surface area (Å²) in [6.45, 7) is 6.77. The summed E-state index contributed by atoms with van der Waals surface area (Å²) < 4.78 is 28.5. The van der Waals surface area contributed by atoms with E-state index in [4.69, 9.17) is 0 Å². The molecule has 2 atom stereocenters. The molecule has 0 amide bonds. The minimum Gasteiger partial charge on any atom is -0.314 e. The number of piperazine rings is 1. The van der Waals surface area contributed by atoms with Gasteiger partial charge >= 0.3 is 0 Å². The molecule has 0 aromatic rings. The molecule has 2 saturated heterocycles. The lowest BCUT2D eigenvalue weighted by Crippen LogP contribution is -2.58. The van der Waals surface area contributed by atoms with E-state index in [0.29, 0.717) is 13.1 Å². The van der Waals surface area contributed by atoms with Crippen molar-refractivity contribution < 1.29 is 8.42 Å². The first kappa shape index (κ1) is 13.3. The second-order valence-electron chi connectivity index (χ2n) is 5.13. The van der Waals surface area contributed by atoms with Gasteiger partial charge in [0.05, 0.1) is 0 Å². The van der Waals surface area contributed by atoms with E-state index in [2.05, 4.69) is 5.32 Å². The number of hydrogen-bond acceptors (Lipinski definition) is 3. The Morgan fingerprint density at radius 3 is 2.41 bits per heavy atom. The highest BCUT2D eigenvalue weighted by Gasteiger charge is 2.37. The van der Waals surface area contributed by atoms with Gasteiger partial charge in [-0.2, -0.15) is 17.0 Å². The Morgan fingerprint density at radius 2 is 1.76 bits per heavy atom. The summed E-state index contributed by atoms with van der Waals surface area (Å²) in [5.41, 5.74) is 0. The maximum atomic E-state index is 12.6. The molecule has 2 aliphatic heterocycles. The van der Waals surface area contributed by atoms with Gasteiger partial charge in [-0.25, -0.2) is 0 Å². The quantitative estimate of drug-likeness (QED) is 0.783. The lowest BCUT2D eigenvalue weighted by molar-refractivity contribution is 0.216. The molecule has 0 bridgehead atoms. The average Bonchev–Trinajstić information content (AvgIpc) is 2.29. The fourth-order valence-electron chi connectivity index (χ4n) is 2.71. The largest absolute Gasteiger partial charge is 0.314 e. The summed E-state index contributed by atoms with van der Waals surface area (Å²) in [7, 11) is -3.26. The van der Waals surface area contributed by atoms with Crippen molar-refractivity contribution in [3.63, 3.8) is 0 Å². The van der Waals surface area contributed by atoms with E-state index < -0.39 is 10.2 Å². The molecule has 100 valence electrons. The smallest absolute Gasteiger partial charge is 0.282 e. The van der Waals surface area contributed by atoms with Crippen molar-refractivity contribution in [2.24, 2.45) is 0 Å². The topological polar surface area (TPSA) is 52.7 Å². The van der Waals surface area contributed by atoms with Gasteiger partial charge in [0.1, 0.15) is 0 Å². The highest BCUT2D eigenvalue weighted by atomic mass is 32.2. The van der Waals surface area contributed by atoms with Gasteiger partial charge in [0, 0.05) is 38.3 Å². The van der Waals surface area contributed by atoms with Crippen LogP contribution >= 0.6 is 0 Å².